The van der Waals surface area contributed by atoms with Crippen LogP contribution in [0, 0.1) is 0 Å². The summed E-state index contributed by atoms with van der Waals surface area (Å²) in [5, 5.41) is 12.3. The van der Waals surface area contributed by atoms with E-state index < -0.39 is 0 Å². The smallest absolute Gasteiger partial charge is 0.233 e. The fourth-order valence-electron chi connectivity index (χ4n) is 2.10. The van der Waals surface area contributed by atoms with Crippen LogP contribution in [0.4, 0.5) is 0 Å². The van der Waals surface area contributed by atoms with E-state index in [9.17, 15) is 4.79 Å². The van der Waals surface area contributed by atoms with E-state index in [2.05, 4.69) is 15.5 Å². The minimum Gasteiger partial charge on any atom is -0.496 e. The number of thioether (sulfide) groups is 1. The molecule has 0 spiro atoms. The van der Waals surface area contributed by atoms with Crippen LogP contribution in [0.15, 0.2) is 29.4 Å². The van der Waals surface area contributed by atoms with E-state index in [1.54, 1.807) is 23.7 Å². The molecular weight excluding hydrogens is 326 g/mol. The Kier molecular flexibility index (Phi) is 5.82. The maximum absolute atomic E-state index is 12.4. The van der Waals surface area contributed by atoms with Crippen molar-refractivity contribution in [1.29, 1.82) is 0 Å². The predicted molar refractivity (Wildman–Crippen MR) is 93.0 cm³/mol. The van der Waals surface area contributed by atoms with E-state index in [0.717, 1.165) is 11.3 Å². The number of hydrogen-bond acceptors (Lipinski definition) is 6. The number of aromatic nitrogens is 4. The first-order valence-corrected chi connectivity index (χ1v) is 8.59. The first-order valence-electron chi connectivity index (χ1n) is 7.60. The molecule has 0 aliphatic carbocycles. The molecule has 0 unspecified atom stereocenters. The molecule has 1 heterocycles. The van der Waals surface area contributed by atoms with Gasteiger partial charge >= 0.3 is 0 Å². The molecule has 7 nitrogen and oxygen atoms in total. The summed E-state index contributed by atoms with van der Waals surface area (Å²) in [7, 11) is 3.41. The molecule has 0 bridgehead atoms. The van der Waals surface area contributed by atoms with Crippen molar-refractivity contribution in [3.05, 3.63) is 29.8 Å². The zero-order valence-corrected chi connectivity index (χ0v) is 15.5. The van der Waals surface area contributed by atoms with Crippen LogP contribution in [0.25, 0.3) is 0 Å². The van der Waals surface area contributed by atoms with E-state index in [1.165, 1.54) is 11.8 Å². The highest BCUT2D eigenvalue weighted by atomic mass is 32.2. The SMILES string of the molecule is COc1ccccc1CN(C)C(=O)CSc1nnnn1C(C)(C)C. The molecule has 1 amide bonds. The van der Waals surface area contributed by atoms with Gasteiger partial charge in [-0.3, -0.25) is 4.79 Å². The van der Waals surface area contributed by atoms with Gasteiger partial charge in [0, 0.05) is 19.2 Å². The fraction of sp³-hybridized carbons (Fsp3) is 0.500. The van der Waals surface area contributed by atoms with Gasteiger partial charge in [0.05, 0.1) is 18.4 Å². The number of tetrazole rings is 1. The summed E-state index contributed by atoms with van der Waals surface area (Å²) in [6.45, 7) is 6.54. The van der Waals surface area contributed by atoms with Gasteiger partial charge in [0.2, 0.25) is 11.1 Å². The molecule has 0 aliphatic heterocycles. The molecule has 24 heavy (non-hydrogen) atoms. The number of methoxy groups -OCH3 is 1. The van der Waals surface area contributed by atoms with E-state index in [4.69, 9.17) is 4.74 Å². The molecule has 2 rings (SSSR count). The molecule has 0 saturated carbocycles. The van der Waals surface area contributed by atoms with Crippen molar-refractivity contribution in [2.75, 3.05) is 19.9 Å². The third kappa shape index (κ3) is 4.47. The molecule has 130 valence electrons. The second-order valence-corrected chi connectivity index (χ2v) is 7.34. The molecule has 1 aromatic carbocycles. The quantitative estimate of drug-likeness (QED) is 0.744. The Morgan fingerprint density at radius 1 is 1.33 bits per heavy atom. The van der Waals surface area contributed by atoms with Gasteiger partial charge in [-0.15, -0.1) is 5.10 Å². The van der Waals surface area contributed by atoms with Crippen LogP contribution in [-0.2, 0) is 16.9 Å². The zero-order valence-electron chi connectivity index (χ0n) is 14.7. The topological polar surface area (TPSA) is 73.1 Å². The Morgan fingerprint density at radius 2 is 2.04 bits per heavy atom. The molecule has 0 fully saturated rings. The van der Waals surface area contributed by atoms with Crippen molar-refractivity contribution in [3.63, 3.8) is 0 Å². The second kappa shape index (κ2) is 7.65. The highest BCUT2D eigenvalue weighted by Crippen LogP contribution is 2.22. The van der Waals surface area contributed by atoms with Crippen LogP contribution in [0.3, 0.4) is 0 Å². The summed E-state index contributed by atoms with van der Waals surface area (Å²) in [5.41, 5.74) is 0.749. The van der Waals surface area contributed by atoms with Crippen LogP contribution in [0.5, 0.6) is 5.75 Å². The number of hydrogen-bond donors (Lipinski definition) is 0. The lowest BCUT2D eigenvalue weighted by Crippen LogP contribution is -2.29. The van der Waals surface area contributed by atoms with Gasteiger partial charge < -0.3 is 9.64 Å². The average Bonchev–Trinajstić information content (AvgIpc) is 3.01. The Balaban J connectivity index is 1.97. The third-order valence-electron chi connectivity index (χ3n) is 3.43. The normalized spacial score (nSPS) is 11.4. The number of nitrogens with zero attached hydrogens (tertiary/aromatic N) is 5. The molecular formula is C16H23N5O2S. The zero-order chi connectivity index (χ0) is 17.7. The van der Waals surface area contributed by atoms with Crippen molar-refractivity contribution in [2.24, 2.45) is 0 Å². The van der Waals surface area contributed by atoms with E-state index in [-0.39, 0.29) is 17.2 Å². The third-order valence-corrected chi connectivity index (χ3v) is 4.33. The molecule has 2 aromatic rings. The summed E-state index contributed by atoms with van der Waals surface area (Å²) >= 11 is 1.34. The van der Waals surface area contributed by atoms with Gasteiger partial charge in [-0.1, -0.05) is 30.0 Å². The Hall–Kier alpha value is -2.09. The lowest BCUT2D eigenvalue weighted by Gasteiger charge is -2.20. The average molecular weight is 349 g/mol. The number of ether oxygens (including phenoxy) is 1. The van der Waals surface area contributed by atoms with Crippen molar-refractivity contribution in [3.8, 4) is 5.75 Å². The first-order chi connectivity index (χ1) is 11.3. The monoisotopic (exact) mass is 349 g/mol. The summed E-state index contributed by atoms with van der Waals surface area (Å²) < 4.78 is 7.05. The lowest BCUT2D eigenvalue weighted by atomic mass is 10.1. The second-order valence-electron chi connectivity index (χ2n) is 6.39. The molecule has 0 radical (unpaired) electrons. The highest BCUT2D eigenvalue weighted by Gasteiger charge is 2.21. The summed E-state index contributed by atoms with van der Waals surface area (Å²) in [4.78, 5) is 14.1. The number of benzene rings is 1. The van der Waals surface area contributed by atoms with Gasteiger partial charge in [-0.2, -0.15) is 0 Å². The van der Waals surface area contributed by atoms with E-state index >= 15 is 0 Å². The predicted octanol–water partition coefficient (Wildman–Crippen LogP) is 2.19. The molecule has 0 saturated heterocycles. The van der Waals surface area contributed by atoms with Gasteiger partial charge in [0.25, 0.3) is 0 Å². The molecule has 0 atom stereocenters. The largest absolute Gasteiger partial charge is 0.496 e. The lowest BCUT2D eigenvalue weighted by molar-refractivity contribution is -0.127. The van der Waals surface area contributed by atoms with Crippen LogP contribution in [0.1, 0.15) is 26.3 Å². The van der Waals surface area contributed by atoms with Crippen molar-refractivity contribution in [2.45, 2.75) is 38.0 Å². The van der Waals surface area contributed by atoms with Crippen LogP contribution < -0.4 is 4.74 Å². The summed E-state index contributed by atoms with van der Waals surface area (Å²) in [6, 6.07) is 7.69. The Bertz CT molecular complexity index is 696. The van der Waals surface area contributed by atoms with Crippen LogP contribution >= 0.6 is 11.8 Å². The number of rotatable bonds is 6. The number of amides is 1. The Labute approximate surface area is 146 Å². The minimum atomic E-state index is -0.224. The number of carbonyl (C=O) groups excluding carboxylic acids is 1. The summed E-state index contributed by atoms with van der Waals surface area (Å²) in [5.74, 6) is 1.07. The van der Waals surface area contributed by atoms with Gasteiger partial charge in [-0.05, 0) is 37.3 Å². The van der Waals surface area contributed by atoms with Gasteiger partial charge in [-0.25, -0.2) is 4.68 Å². The number of para-hydroxylation sites is 1. The molecule has 8 heteroatoms. The molecule has 0 N–H and O–H groups in total. The maximum atomic E-state index is 12.4. The highest BCUT2D eigenvalue weighted by molar-refractivity contribution is 7.99. The fourth-order valence-corrected chi connectivity index (χ4v) is 3.10. The van der Waals surface area contributed by atoms with Gasteiger partial charge in [0.1, 0.15) is 5.75 Å². The van der Waals surface area contributed by atoms with Crippen molar-refractivity contribution < 1.29 is 9.53 Å². The minimum absolute atomic E-state index is 0.00867. The van der Waals surface area contributed by atoms with E-state index in [0.29, 0.717) is 11.7 Å². The van der Waals surface area contributed by atoms with Crippen LogP contribution in [-0.4, -0.2) is 50.9 Å². The molecule has 0 aliphatic rings. The van der Waals surface area contributed by atoms with Crippen molar-refractivity contribution in [1.82, 2.24) is 25.1 Å². The molecule has 1 aromatic heterocycles. The number of carbonyl (C=O) groups is 1. The van der Waals surface area contributed by atoms with Gasteiger partial charge in [0.15, 0.2) is 0 Å². The van der Waals surface area contributed by atoms with Crippen molar-refractivity contribution >= 4 is 17.7 Å². The Morgan fingerprint density at radius 3 is 2.71 bits per heavy atom. The first kappa shape index (κ1) is 18.3. The van der Waals surface area contributed by atoms with Crippen LogP contribution in [0.2, 0.25) is 0 Å². The standard InChI is InChI=1S/C16H23N5O2S/c1-16(2,3)21-15(17-18-19-21)24-11-14(22)20(4)10-12-8-6-7-9-13(12)23-5/h6-9H,10-11H2,1-5H3. The maximum Gasteiger partial charge on any atom is 0.233 e. The van der Waals surface area contributed by atoms with E-state index in [1.807, 2.05) is 45.0 Å². The summed E-state index contributed by atoms with van der Waals surface area (Å²) in [6.07, 6.45) is 0.